The van der Waals surface area contributed by atoms with E-state index < -0.39 is 0 Å². The van der Waals surface area contributed by atoms with E-state index >= 15 is 0 Å². The maximum Gasteiger partial charge on any atom is 0.263 e. The molecule has 0 spiro atoms. The predicted molar refractivity (Wildman–Crippen MR) is 139 cm³/mol. The number of fused-ring (bicyclic) bond motifs is 1. The van der Waals surface area contributed by atoms with Crippen LogP contribution in [0.15, 0.2) is 70.1 Å². The van der Waals surface area contributed by atoms with Crippen LogP contribution in [-0.4, -0.2) is 25.6 Å². The molecule has 180 valence electrons. The molecule has 1 N–H and O–H groups in total. The average molecular weight is 480 g/mol. The van der Waals surface area contributed by atoms with Gasteiger partial charge in [-0.3, -0.25) is 9.59 Å². The minimum Gasteiger partial charge on any atom is -0.333 e. The lowest BCUT2D eigenvalue weighted by Gasteiger charge is -2.14. The second-order valence-electron chi connectivity index (χ2n) is 8.91. The number of rotatable bonds is 5. The molecule has 0 aliphatic heterocycles. The molecule has 1 amide bonds. The molecule has 0 aliphatic carbocycles. The van der Waals surface area contributed by atoms with Gasteiger partial charge in [-0.05, 0) is 57.0 Å². The molecule has 0 saturated heterocycles. The van der Waals surface area contributed by atoms with Gasteiger partial charge < -0.3 is 14.4 Å². The van der Waals surface area contributed by atoms with Gasteiger partial charge >= 0.3 is 0 Å². The Morgan fingerprint density at radius 3 is 2.53 bits per heavy atom. The molecular formula is C28H25N5O3. The van der Waals surface area contributed by atoms with Crippen LogP contribution < -0.4 is 10.7 Å². The molecule has 3 heterocycles. The summed E-state index contributed by atoms with van der Waals surface area (Å²) in [7, 11) is 0. The van der Waals surface area contributed by atoms with Crippen LogP contribution in [0, 0.1) is 27.7 Å². The van der Waals surface area contributed by atoms with Crippen LogP contribution in [0.2, 0.25) is 0 Å². The van der Waals surface area contributed by atoms with Crippen molar-refractivity contribution in [2.24, 2.45) is 0 Å². The van der Waals surface area contributed by atoms with E-state index in [-0.39, 0.29) is 29.3 Å². The maximum atomic E-state index is 13.4. The van der Waals surface area contributed by atoms with Gasteiger partial charge in [-0.25, -0.2) is 4.98 Å². The van der Waals surface area contributed by atoms with E-state index in [1.807, 2.05) is 70.2 Å². The normalized spacial score (nSPS) is 11.1. The lowest BCUT2D eigenvalue weighted by atomic mass is 10.1. The van der Waals surface area contributed by atoms with E-state index in [0.717, 1.165) is 33.6 Å². The van der Waals surface area contributed by atoms with Gasteiger partial charge in [0.15, 0.2) is 0 Å². The Morgan fingerprint density at radius 1 is 0.972 bits per heavy atom. The van der Waals surface area contributed by atoms with E-state index in [4.69, 9.17) is 4.52 Å². The molecule has 5 rings (SSSR count). The first kappa shape index (κ1) is 23.2. The molecule has 36 heavy (non-hydrogen) atoms. The summed E-state index contributed by atoms with van der Waals surface area (Å²) in [5.41, 5.74) is 5.79. The number of pyridine rings is 2. The summed E-state index contributed by atoms with van der Waals surface area (Å²) in [5.74, 6) is 0.223. The van der Waals surface area contributed by atoms with E-state index in [0.29, 0.717) is 16.9 Å². The predicted octanol–water partition coefficient (Wildman–Crippen LogP) is 4.99. The standard InChI is InChI=1S/C28H25N5O3/c1-16-8-11-20(12-9-16)26-31-28(36-32-26)22-14-33(27-21(25(22)35)13-10-18(3)29-27)15-24(34)30-23-7-5-6-17(2)19(23)4/h5-14H,15H2,1-4H3,(H,30,34). The summed E-state index contributed by atoms with van der Waals surface area (Å²) in [6.07, 6.45) is 1.56. The average Bonchev–Trinajstić information content (AvgIpc) is 3.34. The van der Waals surface area contributed by atoms with E-state index in [9.17, 15) is 9.59 Å². The number of nitrogens with zero attached hydrogens (tertiary/aromatic N) is 4. The number of nitrogens with one attached hydrogen (secondary N) is 1. The van der Waals surface area contributed by atoms with Crippen molar-refractivity contribution in [3.05, 3.63) is 93.4 Å². The van der Waals surface area contributed by atoms with E-state index in [2.05, 4.69) is 20.4 Å². The van der Waals surface area contributed by atoms with Gasteiger partial charge in [-0.2, -0.15) is 4.98 Å². The Morgan fingerprint density at radius 2 is 1.75 bits per heavy atom. The van der Waals surface area contributed by atoms with Crippen LogP contribution in [0.1, 0.15) is 22.4 Å². The van der Waals surface area contributed by atoms with Gasteiger partial charge in [0.1, 0.15) is 17.8 Å². The topological polar surface area (TPSA) is 103 Å². The van der Waals surface area contributed by atoms with Crippen LogP contribution >= 0.6 is 0 Å². The highest BCUT2D eigenvalue weighted by Gasteiger charge is 2.19. The van der Waals surface area contributed by atoms with Crippen molar-refractivity contribution in [2.75, 3.05) is 5.32 Å². The van der Waals surface area contributed by atoms with Gasteiger partial charge in [0.05, 0.1) is 5.39 Å². The number of aryl methyl sites for hydroxylation is 3. The lowest BCUT2D eigenvalue weighted by molar-refractivity contribution is -0.116. The number of hydrogen-bond donors (Lipinski definition) is 1. The number of benzene rings is 2. The SMILES string of the molecule is Cc1ccc(-c2noc(-c3cn(CC(=O)Nc4cccc(C)c4C)c4nc(C)ccc4c3=O)n2)cc1. The van der Waals surface area contributed by atoms with Crippen LogP contribution in [0.5, 0.6) is 0 Å². The second kappa shape index (κ2) is 9.22. The third kappa shape index (κ3) is 4.40. The number of amides is 1. The molecule has 0 atom stereocenters. The number of carbonyl (C=O) groups excluding carboxylic acids is 1. The number of aromatic nitrogens is 4. The Bertz CT molecular complexity index is 1670. The zero-order valence-electron chi connectivity index (χ0n) is 20.5. The zero-order chi connectivity index (χ0) is 25.4. The molecule has 0 bridgehead atoms. The first-order chi connectivity index (χ1) is 17.3. The summed E-state index contributed by atoms with van der Waals surface area (Å²) in [5, 5.41) is 7.40. The molecule has 0 radical (unpaired) electrons. The fourth-order valence-electron chi connectivity index (χ4n) is 4.02. The Hall–Kier alpha value is -4.59. The Balaban J connectivity index is 1.55. The van der Waals surface area contributed by atoms with E-state index in [1.165, 1.54) is 0 Å². The van der Waals surface area contributed by atoms with Crippen molar-refractivity contribution in [1.82, 2.24) is 19.7 Å². The number of hydrogen-bond acceptors (Lipinski definition) is 6. The smallest absolute Gasteiger partial charge is 0.263 e. The number of carbonyl (C=O) groups is 1. The third-order valence-corrected chi connectivity index (χ3v) is 6.22. The molecular weight excluding hydrogens is 454 g/mol. The monoisotopic (exact) mass is 479 g/mol. The van der Waals surface area contributed by atoms with Crippen molar-refractivity contribution in [3.63, 3.8) is 0 Å². The molecule has 8 heteroatoms. The lowest BCUT2D eigenvalue weighted by Crippen LogP contribution is -2.22. The summed E-state index contributed by atoms with van der Waals surface area (Å²) < 4.78 is 7.13. The largest absolute Gasteiger partial charge is 0.333 e. The van der Waals surface area contributed by atoms with Crippen LogP contribution in [-0.2, 0) is 11.3 Å². The van der Waals surface area contributed by atoms with Crippen molar-refractivity contribution in [3.8, 4) is 22.8 Å². The molecule has 0 aliphatic rings. The molecule has 8 nitrogen and oxygen atoms in total. The highest BCUT2D eigenvalue weighted by molar-refractivity contribution is 5.92. The van der Waals surface area contributed by atoms with Crippen molar-refractivity contribution >= 4 is 22.6 Å². The van der Waals surface area contributed by atoms with E-state index in [1.54, 1.807) is 22.9 Å². The Labute approximate surface area is 207 Å². The highest BCUT2D eigenvalue weighted by Crippen LogP contribution is 2.23. The quantitative estimate of drug-likeness (QED) is 0.381. The minimum absolute atomic E-state index is 0.0490. The van der Waals surface area contributed by atoms with Crippen molar-refractivity contribution in [2.45, 2.75) is 34.2 Å². The number of anilines is 1. The summed E-state index contributed by atoms with van der Waals surface area (Å²) in [6, 6.07) is 16.9. The first-order valence-electron chi connectivity index (χ1n) is 11.6. The molecule has 0 fully saturated rings. The van der Waals surface area contributed by atoms with Gasteiger partial charge in [-0.15, -0.1) is 0 Å². The zero-order valence-corrected chi connectivity index (χ0v) is 20.5. The van der Waals surface area contributed by atoms with Gasteiger partial charge in [0.25, 0.3) is 5.89 Å². The molecule has 5 aromatic rings. The second-order valence-corrected chi connectivity index (χ2v) is 8.91. The molecule has 2 aromatic carbocycles. The van der Waals surface area contributed by atoms with Crippen LogP contribution in [0.25, 0.3) is 33.9 Å². The van der Waals surface area contributed by atoms with Crippen LogP contribution in [0.4, 0.5) is 5.69 Å². The van der Waals surface area contributed by atoms with Gasteiger partial charge in [0, 0.05) is 23.1 Å². The molecule has 0 saturated carbocycles. The first-order valence-corrected chi connectivity index (χ1v) is 11.6. The summed E-state index contributed by atoms with van der Waals surface area (Å²) in [6.45, 7) is 7.74. The maximum absolute atomic E-state index is 13.4. The van der Waals surface area contributed by atoms with Crippen LogP contribution in [0.3, 0.4) is 0 Å². The highest BCUT2D eigenvalue weighted by atomic mass is 16.5. The van der Waals surface area contributed by atoms with Gasteiger partial charge in [0.2, 0.25) is 17.2 Å². The molecule has 3 aromatic heterocycles. The fourth-order valence-corrected chi connectivity index (χ4v) is 4.02. The van der Waals surface area contributed by atoms with Gasteiger partial charge in [-0.1, -0.05) is 47.1 Å². The van der Waals surface area contributed by atoms with Crippen molar-refractivity contribution in [1.29, 1.82) is 0 Å². The third-order valence-electron chi connectivity index (χ3n) is 6.22. The Kier molecular flexibility index (Phi) is 5.93. The minimum atomic E-state index is -0.289. The van der Waals surface area contributed by atoms with Crippen molar-refractivity contribution < 1.29 is 9.32 Å². The molecule has 0 unspecified atom stereocenters. The fraction of sp³-hybridized carbons (Fsp3) is 0.179. The summed E-state index contributed by atoms with van der Waals surface area (Å²) >= 11 is 0. The summed E-state index contributed by atoms with van der Waals surface area (Å²) in [4.78, 5) is 35.4.